The molecular weight excluding hydrogens is 387 g/mol. The van der Waals surface area contributed by atoms with Crippen LogP contribution in [-0.4, -0.2) is 37.8 Å². The van der Waals surface area contributed by atoms with Crippen molar-refractivity contribution in [3.8, 4) is 0 Å². The summed E-state index contributed by atoms with van der Waals surface area (Å²) in [6, 6.07) is 8.32. The molecular formula is C21H19FN6O2. The van der Waals surface area contributed by atoms with Gasteiger partial charge < -0.3 is 15.2 Å². The van der Waals surface area contributed by atoms with Crippen LogP contribution >= 0.6 is 0 Å². The van der Waals surface area contributed by atoms with Crippen LogP contribution < -0.4 is 10.6 Å². The van der Waals surface area contributed by atoms with E-state index in [0.29, 0.717) is 36.6 Å². The van der Waals surface area contributed by atoms with Gasteiger partial charge in [0.05, 0.1) is 6.54 Å². The van der Waals surface area contributed by atoms with Crippen molar-refractivity contribution in [1.82, 2.24) is 24.8 Å². The third-order valence-corrected chi connectivity index (χ3v) is 5.36. The van der Waals surface area contributed by atoms with Gasteiger partial charge in [-0.3, -0.25) is 14.5 Å². The molecule has 0 aliphatic carbocycles. The summed E-state index contributed by atoms with van der Waals surface area (Å²) >= 11 is 0. The standard InChI is InChI=1S/C21H19FN6O2/c22-18-4-1-13(8-23-18)10-27-5-6-28-11-17(26-19(28)12-27)21(30)25-15-2-3-16-14(7-15)9-24-20(16)29/h1-4,7-8,11H,5-6,9-10,12H2,(H,24,29)(H,25,30). The van der Waals surface area contributed by atoms with E-state index in [9.17, 15) is 14.0 Å². The van der Waals surface area contributed by atoms with Crippen molar-refractivity contribution >= 4 is 17.5 Å². The van der Waals surface area contributed by atoms with E-state index in [0.717, 1.165) is 30.0 Å². The van der Waals surface area contributed by atoms with Crippen LogP contribution in [0.25, 0.3) is 0 Å². The zero-order valence-corrected chi connectivity index (χ0v) is 16.1. The largest absolute Gasteiger partial charge is 0.348 e. The molecule has 0 radical (unpaired) electrons. The minimum absolute atomic E-state index is 0.0920. The lowest BCUT2D eigenvalue weighted by Crippen LogP contribution is -2.33. The number of rotatable bonds is 4. The number of hydrogen-bond donors (Lipinski definition) is 2. The van der Waals surface area contributed by atoms with Crippen molar-refractivity contribution in [3.05, 3.63) is 76.9 Å². The maximum Gasteiger partial charge on any atom is 0.275 e. The number of hydrogen-bond acceptors (Lipinski definition) is 5. The monoisotopic (exact) mass is 406 g/mol. The highest BCUT2D eigenvalue weighted by molar-refractivity contribution is 6.04. The number of aromatic nitrogens is 3. The molecule has 152 valence electrons. The molecule has 9 heteroatoms. The Kier molecular flexibility index (Phi) is 4.51. The van der Waals surface area contributed by atoms with E-state index in [2.05, 4.69) is 25.5 Å². The SMILES string of the molecule is O=C(Nc1ccc2c(c1)CNC2=O)c1cn2c(n1)CN(Cc1ccc(F)nc1)CC2. The van der Waals surface area contributed by atoms with Crippen LogP contribution in [0.3, 0.4) is 0 Å². The Morgan fingerprint density at radius 2 is 2.13 bits per heavy atom. The molecule has 0 fully saturated rings. The van der Waals surface area contributed by atoms with E-state index in [1.165, 1.54) is 12.3 Å². The number of nitrogens with zero attached hydrogens (tertiary/aromatic N) is 4. The second-order valence-electron chi connectivity index (χ2n) is 7.44. The molecule has 2 aromatic heterocycles. The van der Waals surface area contributed by atoms with Gasteiger partial charge in [-0.1, -0.05) is 6.07 Å². The third kappa shape index (κ3) is 3.55. The molecule has 2 N–H and O–H groups in total. The van der Waals surface area contributed by atoms with Crippen LogP contribution in [0.1, 0.15) is 37.8 Å². The molecule has 1 aromatic carbocycles. The Morgan fingerprint density at radius 1 is 1.23 bits per heavy atom. The van der Waals surface area contributed by atoms with E-state index in [1.54, 1.807) is 30.5 Å². The van der Waals surface area contributed by atoms with Gasteiger partial charge in [-0.15, -0.1) is 0 Å². The summed E-state index contributed by atoms with van der Waals surface area (Å²) in [6.07, 6.45) is 3.30. The number of halogens is 1. The quantitative estimate of drug-likeness (QED) is 0.646. The number of benzene rings is 1. The van der Waals surface area contributed by atoms with Crippen LogP contribution in [0.15, 0.2) is 42.7 Å². The molecule has 2 aliphatic rings. The second kappa shape index (κ2) is 7.34. The molecule has 30 heavy (non-hydrogen) atoms. The number of pyridine rings is 1. The van der Waals surface area contributed by atoms with Crippen LogP contribution in [0.2, 0.25) is 0 Å². The molecule has 2 aliphatic heterocycles. The summed E-state index contributed by atoms with van der Waals surface area (Å²) in [7, 11) is 0. The van der Waals surface area contributed by atoms with Crippen molar-refractivity contribution in [2.75, 3.05) is 11.9 Å². The highest BCUT2D eigenvalue weighted by Gasteiger charge is 2.22. The van der Waals surface area contributed by atoms with Gasteiger partial charge in [-0.05, 0) is 35.4 Å². The number of carbonyl (C=O) groups excluding carboxylic acids is 2. The number of imidazole rings is 1. The number of anilines is 1. The third-order valence-electron chi connectivity index (χ3n) is 5.36. The molecule has 5 rings (SSSR count). The fourth-order valence-corrected chi connectivity index (χ4v) is 3.81. The Labute approximate surface area is 171 Å². The fourth-order valence-electron chi connectivity index (χ4n) is 3.81. The van der Waals surface area contributed by atoms with E-state index in [1.807, 2.05) is 4.57 Å². The lowest BCUT2D eigenvalue weighted by Gasteiger charge is -2.27. The highest BCUT2D eigenvalue weighted by Crippen LogP contribution is 2.21. The zero-order valence-electron chi connectivity index (χ0n) is 16.1. The maximum atomic E-state index is 13.0. The number of nitrogens with one attached hydrogen (secondary N) is 2. The highest BCUT2D eigenvalue weighted by atomic mass is 19.1. The Hall–Kier alpha value is -3.59. The minimum atomic E-state index is -0.491. The second-order valence-corrected chi connectivity index (χ2v) is 7.44. The van der Waals surface area contributed by atoms with Gasteiger partial charge in [-0.2, -0.15) is 4.39 Å². The normalized spacial score (nSPS) is 15.4. The topological polar surface area (TPSA) is 92.2 Å². The molecule has 2 amide bonds. The molecule has 0 atom stereocenters. The molecule has 3 aromatic rings. The first kappa shape index (κ1) is 18.4. The molecule has 8 nitrogen and oxygen atoms in total. The lowest BCUT2D eigenvalue weighted by molar-refractivity contribution is 0.0964. The molecule has 0 unspecified atom stereocenters. The smallest absolute Gasteiger partial charge is 0.275 e. The summed E-state index contributed by atoms with van der Waals surface area (Å²) in [5, 5.41) is 5.62. The van der Waals surface area contributed by atoms with E-state index in [-0.39, 0.29) is 11.8 Å². The Bertz CT molecular complexity index is 1140. The van der Waals surface area contributed by atoms with E-state index >= 15 is 0 Å². The van der Waals surface area contributed by atoms with Crippen LogP contribution in [0, 0.1) is 5.95 Å². The van der Waals surface area contributed by atoms with Gasteiger partial charge >= 0.3 is 0 Å². The van der Waals surface area contributed by atoms with Gasteiger partial charge in [0.2, 0.25) is 5.95 Å². The first-order valence-electron chi connectivity index (χ1n) is 9.66. The summed E-state index contributed by atoms with van der Waals surface area (Å²) < 4.78 is 15.0. The van der Waals surface area contributed by atoms with E-state index in [4.69, 9.17) is 0 Å². The molecule has 0 saturated heterocycles. The van der Waals surface area contributed by atoms with Gasteiger partial charge in [-0.25, -0.2) is 9.97 Å². The average molecular weight is 406 g/mol. The van der Waals surface area contributed by atoms with Crippen molar-refractivity contribution in [1.29, 1.82) is 0 Å². The molecule has 4 heterocycles. The predicted octanol–water partition coefficient (Wildman–Crippen LogP) is 1.93. The zero-order chi connectivity index (χ0) is 20.7. The van der Waals surface area contributed by atoms with Gasteiger partial charge in [0.1, 0.15) is 11.5 Å². The molecule has 0 spiro atoms. The van der Waals surface area contributed by atoms with Gasteiger partial charge in [0, 0.05) is 49.8 Å². The summed E-state index contributed by atoms with van der Waals surface area (Å²) in [4.78, 5) is 34.7. The van der Waals surface area contributed by atoms with Crippen LogP contribution in [0.5, 0.6) is 0 Å². The predicted molar refractivity (Wildman–Crippen MR) is 106 cm³/mol. The number of carbonyl (C=O) groups is 2. The first-order chi connectivity index (χ1) is 14.5. The number of amides is 2. The van der Waals surface area contributed by atoms with Crippen LogP contribution in [-0.2, 0) is 26.2 Å². The first-order valence-corrected chi connectivity index (χ1v) is 9.66. The summed E-state index contributed by atoms with van der Waals surface area (Å²) in [6.45, 7) is 3.22. The number of fused-ring (bicyclic) bond motifs is 2. The van der Waals surface area contributed by atoms with Gasteiger partial charge in [0.15, 0.2) is 0 Å². The van der Waals surface area contributed by atoms with Crippen molar-refractivity contribution in [2.45, 2.75) is 26.2 Å². The maximum absolute atomic E-state index is 13.0. The fraction of sp³-hybridized carbons (Fsp3) is 0.238. The van der Waals surface area contributed by atoms with Crippen LogP contribution in [0.4, 0.5) is 10.1 Å². The summed E-state index contributed by atoms with van der Waals surface area (Å²) in [5.74, 6) is -0.0610. The Morgan fingerprint density at radius 3 is 2.97 bits per heavy atom. The lowest BCUT2D eigenvalue weighted by atomic mass is 10.1. The van der Waals surface area contributed by atoms with Crippen molar-refractivity contribution < 1.29 is 14.0 Å². The average Bonchev–Trinajstić information content (AvgIpc) is 3.33. The van der Waals surface area contributed by atoms with Crippen molar-refractivity contribution in [3.63, 3.8) is 0 Å². The minimum Gasteiger partial charge on any atom is -0.348 e. The molecule has 0 bridgehead atoms. The van der Waals surface area contributed by atoms with Crippen molar-refractivity contribution in [2.24, 2.45) is 0 Å². The summed E-state index contributed by atoms with van der Waals surface area (Å²) in [5.41, 5.74) is 3.42. The van der Waals surface area contributed by atoms with Gasteiger partial charge in [0.25, 0.3) is 11.8 Å². The van der Waals surface area contributed by atoms with E-state index < -0.39 is 5.95 Å². The Balaban J connectivity index is 1.26. The molecule has 0 saturated carbocycles.